The zero-order chi connectivity index (χ0) is 12.5. The molecule has 1 aliphatic heterocycles. The van der Waals surface area contributed by atoms with Crippen LogP contribution in [0, 0.1) is 0 Å². The lowest BCUT2D eigenvalue weighted by molar-refractivity contribution is -0.144. The lowest BCUT2D eigenvalue weighted by Gasteiger charge is -2.26. The van der Waals surface area contributed by atoms with Crippen LogP contribution in [0.1, 0.15) is 11.1 Å². The molecule has 5 nitrogen and oxygen atoms in total. The number of benzene rings is 1. The van der Waals surface area contributed by atoms with Crippen molar-refractivity contribution in [3.8, 4) is 0 Å². The van der Waals surface area contributed by atoms with E-state index in [0.29, 0.717) is 6.54 Å². The Hall–Kier alpha value is -1.50. The number of rotatable bonds is 2. The van der Waals surface area contributed by atoms with Crippen LogP contribution < -0.4 is 5.32 Å². The highest BCUT2D eigenvalue weighted by molar-refractivity contribution is 7.18. The molecule has 1 saturated heterocycles. The molecule has 0 aliphatic carbocycles. The number of aromatic nitrogens is 1. The van der Waals surface area contributed by atoms with Gasteiger partial charge in [0.15, 0.2) is 0 Å². The summed E-state index contributed by atoms with van der Waals surface area (Å²) in [5.41, 5.74) is 0.960. The third kappa shape index (κ3) is 2.10. The Morgan fingerprint density at radius 2 is 2.33 bits per heavy atom. The largest absolute Gasteiger partial charge is 0.480 e. The molecule has 6 heteroatoms. The molecule has 1 fully saturated rings. The van der Waals surface area contributed by atoms with E-state index in [2.05, 4.69) is 10.3 Å². The molecule has 2 heterocycles. The van der Waals surface area contributed by atoms with Gasteiger partial charge in [-0.3, -0.25) is 10.1 Å². The molecule has 0 radical (unpaired) electrons. The van der Waals surface area contributed by atoms with Crippen molar-refractivity contribution in [3.63, 3.8) is 0 Å². The average molecular weight is 264 g/mol. The van der Waals surface area contributed by atoms with Crippen molar-refractivity contribution < 1.29 is 14.6 Å². The van der Waals surface area contributed by atoms with Gasteiger partial charge >= 0.3 is 5.97 Å². The number of nitrogens with one attached hydrogen (secondary N) is 1. The van der Waals surface area contributed by atoms with Gasteiger partial charge in [0.25, 0.3) is 0 Å². The summed E-state index contributed by atoms with van der Waals surface area (Å²) >= 11 is 1.59. The van der Waals surface area contributed by atoms with Crippen molar-refractivity contribution >= 4 is 27.5 Å². The van der Waals surface area contributed by atoms with Crippen molar-refractivity contribution in [2.75, 3.05) is 13.2 Å². The number of carboxylic acids is 1. The third-order valence-electron chi connectivity index (χ3n) is 2.90. The molecule has 2 atom stereocenters. The molecule has 2 N–H and O–H groups in total. The van der Waals surface area contributed by atoms with Crippen molar-refractivity contribution in [2.45, 2.75) is 12.1 Å². The molecule has 0 bridgehead atoms. The number of thiazole rings is 1. The Morgan fingerprint density at radius 3 is 3.00 bits per heavy atom. The molecule has 1 aliphatic rings. The second-order valence-electron chi connectivity index (χ2n) is 4.14. The zero-order valence-electron chi connectivity index (χ0n) is 9.50. The van der Waals surface area contributed by atoms with Gasteiger partial charge in [-0.05, 0) is 12.1 Å². The monoisotopic (exact) mass is 264 g/mol. The molecule has 3 rings (SSSR count). The summed E-state index contributed by atoms with van der Waals surface area (Å²) in [7, 11) is 0. The molecule has 1 aromatic heterocycles. The Bertz CT molecular complexity index is 542. The van der Waals surface area contributed by atoms with E-state index in [1.807, 2.05) is 24.3 Å². The Morgan fingerprint density at radius 1 is 1.50 bits per heavy atom. The van der Waals surface area contributed by atoms with Crippen molar-refractivity contribution in [2.24, 2.45) is 0 Å². The van der Waals surface area contributed by atoms with Gasteiger partial charge in [-0.1, -0.05) is 12.1 Å². The molecule has 1 aromatic carbocycles. The number of para-hydroxylation sites is 1. The van der Waals surface area contributed by atoms with Crippen LogP contribution in [0.2, 0.25) is 0 Å². The van der Waals surface area contributed by atoms with Gasteiger partial charge in [-0.2, -0.15) is 0 Å². The summed E-state index contributed by atoms with van der Waals surface area (Å²) in [6.45, 7) is 0.659. The first kappa shape index (κ1) is 11.6. The van der Waals surface area contributed by atoms with Crippen LogP contribution in [0.3, 0.4) is 0 Å². The number of hydrogen-bond donors (Lipinski definition) is 2. The predicted octanol–water partition coefficient (Wildman–Crippen LogP) is 1.41. The van der Waals surface area contributed by atoms with Crippen LogP contribution in [0.5, 0.6) is 0 Å². The highest BCUT2D eigenvalue weighted by Crippen LogP contribution is 2.29. The lowest BCUT2D eigenvalue weighted by Crippen LogP contribution is -2.47. The minimum atomic E-state index is -0.877. The van der Waals surface area contributed by atoms with Crippen LogP contribution in [0.25, 0.3) is 10.2 Å². The van der Waals surface area contributed by atoms with E-state index in [1.165, 1.54) is 0 Å². The third-order valence-corrected chi connectivity index (χ3v) is 4.03. The summed E-state index contributed by atoms with van der Waals surface area (Å²) in [6, 6.07) is 7.30. The number of carboxylic acid groups (broad SMARTS) is 1. The van der Waals surface area contributed by atoms with Crippen molar-refractivity contribution in [3.05, 3.63) is 29.3 Å². The molecular weight excluding hydrogens is 252 g/mol. The number of nitrogens with zero attached hydrogens (tertiary/aromatic N) is 1. The minimum absolute atomic E-state index is 0.155. The fourth-order valence-electron chi connectivity index (χ4n) is 1.92. The van der Waals surface area contributed by atoms with E-state index < -0.39 is 12.0 Å². The van der Waals surface area contributed by atoms with Gasteiger partial charge in [0.2, 0.25) is 0 Å². The van der Waals surface area contributed by atoms with Crippen molar-refractivity contribution in [1.29, 1.82) is 0 Å². The summed E-state index contributed by atoms with van der Waals surface area (Å²) in [6.07, 6.45) is -0.155. The molecule has 94 valence electrons. The van der Waals surface area contributed by atoms with Gasteiger partial charge in [0, 0.05) is 6.54 Å². The minimum Gasteiger partial charge on any atom is -0.480 e. The van der Waals surface area contributed by atoms with Gasteiger partial charge in [0.1, 0.15) is 17.2 Å². The van der Waals surface area contributed by atoms with E-state index in [-0.39, 0.29) is 12.7 Å². The maximum atomic E-state index is 10.8. The summed E-state index contributed by atoms with van der Waals surface area (Å²) in [5, 5.41) is 12.7. The molecule has 2 unspecified atom stereocenters. The van der Waals surface area contributed by atoms with Crippen LogP contribution in [0.4, 0.5) is 0 Å². The first-order valence-corrected chi connectivity index (χ1v) is 6.49. The summed E-state index contributed by atoms with van der Waals surface area (Å²) < 4.78 is 6.69. The molecule has 0 amide bonds. The number of morpholine rings is 1. The van der Waals surface area contributed by atoms with Crippen molar-refractivity contribution in [1.82, 2.24) is 10.3 Å². The summed E-state index contributed by atoms with van der Waals surface area (Å²) in [4.78, 5) is 15.3. The second-order valence-corrected chi connectivity index (χ2v) is 5.20. The first-order chi connectivity index (χ1) is 8.74. The standard InChI is InChI=1S/C12H12N2O3S/c15-12(16)8-6-17-9(5-13-8)11-14-7-3-1-2-4-10(7)18-11/h1-4,8-9,13H,5-6H2,(H,15,16). The van der Waals surface area contributed by atoms with Gasteiger partial charge in [-0.15, -0.1) is 11.3 Å². The Balaban J connectivity index is 1.78. The topological polar surface area (TPSA) is 71.5 Å². The number of hydrogen-bond acceptors (Lipinski definition) is 5. The molecule has 18 heavy (non-hydrogen) atoms. The van der Waals surface area contributed by atoms with E-state index >= 15 is 0 Å². The molecular formula is C12H12N2O3S. The first-order valence-electron chi connectivity index (χ1n) is 5.67. The molecule has 0 saturated carbocycles. The van der Waals surface area contributed by atoms with E-state index in [4.69, 9.17) is 9.84 Å². The fraction of sp³-hybridized carbons (Fsp3) is 0.333. The number of aliphatic carboxylic acids is 1. The highest BCUT2D eigenvalue weighted by atomic mass is 32.1. The maximum Gasteiger partial charge on any atom is 0.323 e. The van der Waals surface area contributed by atoms with Crippen LogP contribution >= 0.6 is 11.3 Å². The second kappa shape index (κ2) is 4.64. The van der Waals surface area contributed by atoms with E-state index in [0.717, 1.165) is 15.2 Å². The Kier molecular flexibility index (Phi) is 2.99. The van der Waals surface area contributed by atoms with Crippen LogP contribution in [-0.2, 0) is 9.53 Å². The quantitative estimate of drug-likeness (QED) is 0.858. The normalized spacial score (nSPS) is 24.2. The Labute approximate surface area is 107 Å². The SMILES string of the molecule is O=C(O)C1COC(c2nc3ccccc3s2)CN1. The average Bonchev–Trinajstić information content (AvgIpc) is 2.82. The fourth-order valence-corrected chi connectivity index (χ4v) is 2.94. The van der Waals surface area contributed by atoms with Crippen LogP contribution in [0.15, 0.2) is 24.3 Å². The molecule has 0 spiro atoms. The number of fused-ring (bicyclic) bond motifs is 1. The zero-order valence-corrected chi connectivity index (χ0v) is 10.3. The van der Waals surface area contributed by atoms with Gasteiger partial charge in [-0.25, -0.2) is 4.98 Å². The van der Waals surface area contributed by atoms with Gasteiger partial charge < -0.3 is 9.84 Å². The number of ether oxygens (including phenoxy) is 1. The van der Waals surface area contributed by atoms with E-state index in [1.54, 1.807) is 11.3 Å². The predicted molar refractivity (Wildman–Crippen MR) is 67.7 cm³/mol. The van der Waals surface area contributed by atoms with Gasteiger partial charge in [0.05, 0.1) is 16.8 Å². The lowest BCUT2D eigenvalue weighted by atomic mass is 10.2. The summed E-state index contributed by atoms with van der Waals surface area (Å²) in [5.74, 6) is -0.877. The molecule has 2 aromatic rings. The van der Waals surface area contributed by atoms with Crippen LogP contribution in [-0.4, -0.2) is 35.3 Å². The maximum absolute atomic E-state index is 10.8. The smallest absolute Gasteiger partial charge is 0.323 e. The highest BCUT2D eigenvalue weighted by Gasteiger charge is 2.28. The number of carbonyl (C=O) groups is 1. The van der Waals surface area contributed by atoms with E-state index in [9.17, 15) is 4.79 Å².